The Bertz CT molecular complexity index is 315. The van der Waals surface area contributed by atoms with E-state index in [0.717, 1.165) is 0 Å². The number of rotatable bonds is 18. The van der Waals surface area contributed by atoms with Crippen LogP contribution in [0.3, 0.4) is 0 Å². The molecule has 0 amide bonds. The van der Waals surface area contributed by atoms with Crippen molar-refractivity contribution < 1.29 is 4.74 Å². The van der Waals surface area contributed by atoms with Crippen LogP contribution >= 0.6 is 0 Å². The van der Waals surface area contributed by atoms with Crippen molar-refractivity contribution in [3.05, 3.63) is 49.0 Å². The van der Waals surface area contributed by atoms with Crippen LogP contribution in [0.4, 0.5) is 0 Å². The Balaban J connectivity index is 3.35. The van der Waals surface area contributed by atoms with Crippen LogP contribution in [0, 0.1) is 0 Å². The van der Waals surface area contributed by atoms with Crippen LogP contribution in [0.5, 0.6) is 0 Å². The molecule has 0 unspecified atom stereocenters. The smallest absolute Gasteiger partial charge is 0.0901 e. The molecule has 25 heavy (non-hydrogen) atoms. The standard InChI is InChI=1S/C24H42O/c1-3-5-7-9-11-13-15-17-19-21-23-25-24-22-20-18-16-14-12-10-8-6-4-2/h17-24H,3-16H2,1-2H3/b19-17+,20-18+,23-21+,24-22+. The number of unbranched alkanes of at least 4 members (excludes halogenated alkanes) is 12. The van der Waals surface area contributed by atoms with Crippen LogP contribution in [0.25, 0.3) is 0 Å². The lowest BCUT2D eigenvalue weighted by molar-refractivity contribution is 0.403. The Morgan fingerprint density at radius 3 is 1.32 bits per heavy atom. The molecule has 0 saturated carbocycles. The summed E-state index contributed by atoms with van der Waals surface area (Å²) < 4.78 is 5.31. The molecule has 0 fully saturated rings. The highest BCUT2D eigenvalue weighted by Crippen LogP contribution is 2.08. The van der Waals surface area contributed by atoms with E-state index in [-0.39, 0.29) is 0 Å². The minimum Gasteiger partial charge on any atom is -0.473 e. The second-order valence-corrected chi connectivity index (χ2v) is 6.76. The van der Waals surface area contributed by atoms with E-state index in [1.807, 2.05) is 12.2 Å². The van der Waals surface area contributed by atoms with Gasteiger partial charge >= 0.3 is 0 Å². The minimum absolute atomic E-state index is 1.17. The van der Waals surface area contributed by atoms with E-state index in [2.05, 4.69) is 38.2 Å². The van der Waals surface area contributed by atoms with E-state index in [1.165, 1.54) is 89.9 Å². The summed E-state index contributed by atoms with van der Waals surface area (Å²) in [6.45, 7) is 4.53. The van der Waals surface area contributed by atoms with Gasteiger partial charge in [-0.05, 0) is 37.8 Å². The van der Waals surface area contributed by atoms with Gasteiger partial charge in [0.1, 0.15) is 0 Å². The van der Waals surface area contributed by atoms with Crippen molar-refractivity contribution in [1.29, 1.82) is 0 Å². The van der Waals surface area contributed by atoms with Crippen molar-refractivity contribution >= 4 is 0 Å². The van der Waals surface area contributed by atoms with Gasteiger partial charge < -0.3 is 4.74 Å². The van der Waals surface area contributed by atoms with Crippen molar-refractivity contribution in [3.63, 3.8) is 0 Å². The van der Waals surface area contributed by atoms with Gasteiger partial charge in [0.2, 0.25) is 0 Å². The van der Waals surface area contributed by atoms with Gasteiger partial charge in [0.15, 0.2) is 0 Å². The molecule has 0 aliphatic carbocycles. The first-order valence-electron chi connectivity index (χ1n) is 10.7. The van der Waals surface area contributed by atoms with E-state index >= 15 is 0 Å². The van der Waals surface area contributed by atoms with Crippen molar-refractivity contribution in [2.75, 3.05) is 0 Å². The predicted octanol–water partition coefficient (Wildman–Crippen LogP) is 8.64. The Labute approximate surface area is 157 Å². The van der Waals surface area contributed by atoms with Gasteiger partial charge in [0.05, 0.1) is 12.5 Å². The number of allylic oxidation sites excluding steroid dienone is 6. The van der Waals surface area contributed by atoms with Gasteiger partial charge in [0, 0.05) is 0 Å². The normalized spacial score (nSPS) is 12.4. The van der Waals surface area contributed by atoms with Gasteiger partial charge in [-0.1, -0.05) is 102 Å². The second kappa shape index (κ2) is 22.8. The molecular weight excluding hydrogens is 304 g/mol. The highest BCUT2D eigenvalue weighted by atomic mass is 16.5. The molecule has 0 heterocycles. The van der Waals surface area contributed by atoms with Crippen molar-refractivity contribution in [2.45, 2.75) is 104 Å². The minimum atomic E-state index is 1.17. The van der Waals surface area contributed by atoms with Crippen LogP contribution in [-0.2, 0) is 4.74 Å². The van der Waals surface area contributed by atoms with E-state index in [0.29, 0.717) is 0 Å². The van der Waals surface area contributed by atoms with Crippen molar-refractivity contribution in [3.8, 4) is 0 Å². The third kappa shape index (κ3) is 22.8. The number of hydrogen-bond donors (Lipinski definition) is 0. The maximum atomic E-state index is 5.31. The molecular formula is C24H42O. The van der Waals surface area contributed by atoms with Crippen molar-refractivity contribution in [2.24, 2.45) is 0 Å². The van der Waals surface area contributed by atoms with Gasteiger partial charge in [0.25, 0.3) is 0 Å². The fourth-order valence-corrected chi connectivity index (χ4v) is 2.66. The maximum absolute atomic E-state index is 5.31. The molecule has 0 N–H and O–H groups in total. The van der Waals surface area contributed by atoms with Crippen LogP contribution in [0.1, 0.15) is 104 Å². The molecule has 0 bridgehead atoms. The van der Waals surface area contributed by atoms with E-state index in [1.54, 1.807) is 12.5 Å². The third-order valence-corrected chi connectivity index (χ3v) is 4.26. The van der Waals surface area contributed by atoms with E-state index in [9.17, 15) is 0 Å². The second-order valence-electron chi connectivity index (χ2n) is 6.76. The first-order chi connectivity index (χ1) is 12.4. The molecule has 0 saturated heterocycles. The number of hydrogen-bond acceptors (Lipinski definition) is 1. The summed E-state index contributed by atoms with van der Waals surface area (Å²) in [5.41, 5.74) is 0. The van der Waals surface area contributed by atoms with Gasteiger partial charge in [-0.25, -0.2) is 0 Å². The van der Waals surface area contributed by atoms with Crippen LogP contribution in [0.15, 0.2) is 49.0 Å². The molecule has 0 spiro atoms. The first-order valence-corrected chi connectivity index (χ1v) is 10.7. The quantitative estimate of drug-likeness (QED) is 0.137. The third-order valence-electron chi connectivity index (χ3n) is 4.26. The Kier molecular flexibility index (Phi) is 21.6. The molecule has 0 radical (unpaired) electrons. The topological polar surface area (TPSA) is 9.23 Å². The molecule has 0 aliphatic rings. The molecule has 0 aromatic heterocycles. The van der Waals surface area contributed by atoms with Crippen LogP contribution in [-0.4, -0.2) is 0 Å². The summed E-state index contributed by atoms with van der Waals surface area (Å²) in [6, 6.07) is 0. The molecule has 1 nitrogen and oxygen atoms in total. The molecule has 1 heteroatoms. The highest BCUT2D eigenvalue weighted by Gasteiger charge is 1.88. The zero-order valence-corrected chi connectivity index (χ0v) is 16.9. The molecule has 0 atom stereocenters. The molecule has 0 rings (SSSR count). The summed E-state index contributed by atoms with van der Waals surface area (Å²) in [6.07, 6.45) is 34.7. The van der Waals surface area contributed by atoms with Gasteiger partial charge in [-0.2, -0.15) is 0 Å². The Morgan fingerprint density at radius 2 is 0.880 bits per heavy atom. The lowest BCUT2D eigenvalue weighted by atomic mass is 10.1. The van der Waals surface area contributed by atoms with Gasteiger partial charge in [-0.3, -0.25) is 0 Å². The highest BCUT2D eigenvalue weighted by molar-refractivity contribution is 5.02. The molecule has 144 valence electrons. The largest absolute Gasteiger partial charge is 0.473 e. The fraction of sp³-hybridized carbons (Fsp3) is 0.667. The van der Waals surface area contributed by atoms with E-state index in [4.69, 9.17) is 4.74 Å². The van der Waals surface area contributed by atoms with E-state index < -0.39 is 0 Å². The molecule has 0 aromatic carbocycles. The summed E-state index contributed by atoms with van der Waals surface area (Å²) in [4.78, 5) is 0. The number of ether oxygens (including phenoxy) is 1. The van der Waals surface area contributed by atoms with Crippen LogP contribution in [0.2, 0.25) is 0 Å². The summed E-state index contributed by atoms with van der Waals surface area (Å²) in [5.74, 6) is 0. The average molecular weight is 347 g/mol. The monoisotopic (exact) mass is 346 g/mol. The molecule has 0 aliphatic heterocycles. The Hall–Kier alpha value is -1.24. The zero-order valence-electron chi connectivity index (χ0n) is 16.9. The Morgan fingerprint density at radius 1 is 0.480 bits per heavy atom. The summed E-state index contributed by atoms with van der Waals surface area (Å²) >= 11 is 0. The fourth-order valence-electron chi connectivity index (χ4n) is 2.66. The van der Waals surface area contributed by atoms with Crippen LogP contribution < -0.4 is 0 Å². The van der Waals surface area contributed by atoms with Crippen molar-refractivity contribution in [1.82, 2.24) is 0 Å². The SMILES string of the molecule is CCCCCCCC/C=C/C=C/O/C=C/C=C/CCCCCCCC. The lowest BCUT2D eigenvalue weighted by Crippen LogP contribution is -1.77. The van der Waals surface area contributed by atoms with Gasteiger partial charge in [-0.15, -0.1) is 0 Å². The zero-order chi connectivity index (χ0) is 18.3. The first kappa shape index (κ1) is 23.8. The average Bonchev–Trinajstić information content (AvgIpc) is 2.63. The summed E-state index contributed by atoms with van der Waals surface area (Å²) in [5, 5.41) is 0. The summed E-state index contributed by atoms with van der Waals surface area (Å²) in [7, 11) is 0. The maximum Gasteiger partial charge on any atom is 0.0901 e. The predicted molar refractivity (Wildman–Crippen MR) is 114 cm³/mol. The molecule has 0 aromatic rings. The lowest BCUT2D eigenvalue weighted by Gasteiger charge is -1.97.